The van der Waals surface area contributed by atoms with Gasteiger partial charge < -0.3 is 9.47 Å². The lowest BCUT2D eigenvalue weighted by Gasteiger charge is -2.31. The molecule has 14 heavy (non-hydrogen) atoms. The largest absolute Gasteiger partial charge is 0.353 e. The third-order valence-corrected chi connectivity index (χ3v) is 3.16. The van der Waals surface area contributed by atoms with Crippen LogP contribution in [-0.4, -0.2) is 12.9 Å². The molecule has 1 aromatic rings. The first kappa shape index (κ1) is 8.45. The van der Waals surface area contributed by atoms with Crippen LogP contribution in [0.15, 0.2) is 24.3 Å². The number of ether oxygens (including phenoxy) is 2. The van der Waals surface area contributed by atoms with Crippen LogP contribution in [0, 0.1) is 5.92 Å². The summed E-state index contributed by atoms with van der Waals surface area (Å²) in [5.41, 5.74) is 2.80. The minimum Gasteiger partial charge on any atom is -0.353 e. The molecule has 1 aliphatic heterocycles. The highest BCUT2D eigenvalue weighted by Crippen LogP contribution is 2.41. The Balaban J connectivity index is 1.97. The van der Waals surface area contributed by atoms with Gasteiger partial charge in [-0.25, -0.2) is 0 Å². The molecule has 0 unspecified atom stereocenters. The van der Waals surface area contributed by atoms with Crippen LogP contribution in [-0.2, 0) is 15.9 Å². The number of rotatable bonds is 0. The molecule has 3 rings (SSSR count). The Hall–Kier alpha value is -0.860. The summed E-state index contributed by atoms with van der Waals surface area (Å²) in [6.07, 6.45) is 1.32. The van der Waals surface area contributed by atoms with Crippen molar-refractivity contribution in [3.63, 3.8) is 0 Å². The van der Waals surface area contributed by atoms with Crippen molar-refractivity contribution in [2.45, 2.75) is 25.7 Å². The SMILES string of the molecule is C[C@@H]1OC[C@@H]2Cc3ccccc3[C@@H]2O1. The molecule has 0 saturated carbocycles. The van der Waals surface area contributed by atoms with Crippen molar-refractivity contribution in [3.8, 4) is 0 Å². The first-order chi connectivity index (χ1) is 6.84. The highest BCUT2D eigenvalue weighted by Gasteiger charge is 2.37. The molecule has 2 heteroatoms. The predicted octanol–water partition coefficient (Wildman–Crippen LogP) is 2.29. The maximum Gasteiger partial charge on any atom is 0.155 e. The zero-order valence-corrected chi connectivity index (χ0v) is 8.27. The van der Waals surface area contributed by atoms with E-state index in [9.17, 15) is 0 Å². The highest BCUT2D eigenvalue weighted by molar-refractivity contribution is 5.35. The summed E-state index contributed by atoms with van der Waals surface area (Å²) in [4.78, 5) is 0. The van der Waals surface area contributed by atoms with Crippen LogP contribution >= 0.6 is 0 Å². The van der Waals surface area contributed by atoms with Crippen LogP contribution in [0.25, 0.3) is 0 Å². The highest BCUT2D eigenvalue weighted by atomic mass is 16.7. The molecule has 2 aliphatic rings. The molecule has 0 bridgehead atoms. The van der Waals surface area contributed by atoms with Crippen LogP contribution in [0.4, 0.5) is 0 Å². The van der Waals surface area contributed by atoms with Crippen molar-refractivity contribution in [2.75, 3.05) is 6.61 Å². The van der Waals surface area contributed by atoms with Gasteiger partial charge in [0.1, 0.15) is 0 Å². The van der Waals surface area contributed by atoms with E-state index < -0.39 is 0 Å². The van der Waals surface area contributed by atoms with E-state index in [-0.39, 0.29) is 12.4 Å². The van der Waals surface area contributed by atoms with Crippen molar-refractivity contribution in [3.05, 3.63) is 35.4 Å². The lowest BCUT2D eigenvalue weighted by Crippen LogP contribution is -2.30. The molecule has 1 heterocycles. The van der Waals surface area contributed by atoms with Gasteiger partial charge in [0.25, 0.3) is 0 Å². The number of fused-ring (bicyclic) bond motifs is 3. The molecule has 1 aliphatic carbocycles. The molecule has 0 spiro atoms. The lowest BCUT2D eigenvalue weighted by atomic mass is 10.0. The number of benzene rings is 1. The number of hydrogen-bond donors (Lipinski definition) is 0. The summed E-state index contributed by atoms with van der Waals surface area (Å²) in [5.74, 6) is 0.531. The molecular weight excluding hydrogens is 176 g/mol. The Labute approximate surface area is 83.8 Å². The molecular formula is C12H14O2. The molecule has 0 N–H and O–H groups in total. The molecule has 0 radical (unpaired) electrons. The Morgan fingerprint density at radius 3 is 3.07 bits per heavy atom. The monoisotopic (exact) mass is 190 g/mol. The minimum atomic E-state index is -0.0533. The van der Waals surface area contributed by atoms with Crippen molar-refractivity contribution >= 4 is 0 Å². The van der Waals surface area contributed by atoms with Crippen molar-refractivity contribution in [1.29, 1.82) is 0 Å². The fraction of sp³-hybridized carbons (Fsp3) is 0.500. The van der Waals surface area contributed by atoms with Gasteiger partial charge in [-0.15, -0.1) is 0 Å². The van der Waals surface area contributed by atoms with E-state index in [1.54, 1.807) is 0 Å². The van der Waals surface area contributed by atoms with Gasteiger partial charge in [-0.3, -0.25) is 0 Å². The molecule has 0 amide bonds. The Kier molecular flexibility index (Phi) is 1.85. The normalized spacial score (nSPS) is 35.1. The third-order valence-electron chi connectivity index (χ3n) is 3.16. The van der Waals surface area contributed by atoms with Gasteiger partial charge in [0.05, 0.1) is 12.7 Å². The van der Waals surface area contributed by atoms with Crippen molar-refractivity contribution in [2.24, 2.45) is 5.92 Å². The van der Waals surface area contributed by atoms with Gasteiger partial charge in [0.15, 0.2) is 6.29 Å². The van der Waals surface area contributed by atoms with Crippen LogP contribution < -0.4 is 0 Å². The van der Waals surface area contributed by atoms with E-state index >= 15 is 0 Å². The first-order valence-electron chi connectivity index (χ1n) is 5.19. The van der Waals surface area contributed by atoms with E-state index in [1.807, 2.05) is 6.92 Å². The van der Waals surface area contributed by atoms with E-state index in [0.29, 0.717) is 5.92 Å². The van der Waals surface area contributed by atoms with E-state index in [2.05, 4.69) is 24.3 Å². The zero-order chi connectivity index (χ0) is 9.54. The second-order valence-electron chi connectivity index (χ2n) is 4.12. The summed E-state index contributed by atoms with van der Waals surface area (Å²) in [5, 5.41) is 0. The molecule has 0 aromatic heterocycles. The van der Waals surface area contributed by atoms with Gasteiger partial charge in [0, 0.05) is 5.92 Å². The van der Waals surface area contributed by atoms with Gasteiger partial charge in [-0.2, -0.15) is 0 Å². The van der Waals surface area contributed by atoms with Crippen molar-refractivity contribution in [1.82, 2.24) is 0 Å². The molecule has 1 fully saturated rings. The average molecular weight is 190 g/mol. The van der Waals surface area contributed by atoms with Crippen LogP contribution in [0.1, 0.15) is 24.2 Å². The van der Waals surface area contributed by atoms with Crippen LogP contribution in [0.5, 0.6) is 0 Å². The Bertz CT molecular complexity index is 348. The van der Waals surface area contributed by atoms with Gasteiger partial charge in [-0.05, 0) is 24.5 Å². The molecule has 74 valence electrons. The summed E-state index contributed by atoms with van der Waals surface area (Å²) < 4.78 is 11.3. The zero-order valence-electron chi connectivity index (χ0n) is 8.27. The summed E-state index contributed by atoms with van der Waals surface area (Å²) in [7, 11) is 0. The third kappa shape index (κ3) is 1.18. The smallest absolute Gasteiger partial charge is 0.155 e. The Morgan fingerprint density at radius 1 is 1.29 bits per heavy atom. The quantitative estimate of drug-likeness (QED) is 0.625. The van der Waals surface area contributed by atoms with Crippen molar-refractivity contribution < 1.29 is 9.47 Å². The maximum atomic E-state index is 5.81. The van der Waals surface area contributed by atoms with E-state index in [0.717, 1.165) is 13.0 Å². The summed E-state index contributed by atoms with van der Waals surface area (Å²) >= 11 is 0. The maximum absolute atomic E-state index is 5.81. The fourth-order valence-corrected chi connectivity index (χ4v) is 2.48. The summed E-state index contributed by atoms with van der Waals surface area (Å²) in [6.45, 7) is 2.80. The van der Waals surface area contributed by atoms with Gasteiger partial charge in [0.2, 0.25) is 0 Å². The second kappa shape index (κ2) is 3.07. The number of hydrogen-bond acceptors (Lipinski definition) is 2. The standard InChI is InChI=1S/C12H14O2/c1-8-13-7-10-6-9-4-2-3-5-11(9)12(10)14-8/h2-5,8,10,12H,6-7H2,1H3/t8-,10+,12-/m1/s1. The molecule has 1 aromatic carbocycles. The molecule has 2 nitrogen and oxygen atoms in total. The molecule has 3 atom stereocenters. The van der Waals surface area contributed by atoms with Gasteiger partial charge in [-0.1, -0.05) is 24.3 Å². The average Bonchev–Trinajstić information content (AvgIpc) is 2.56. The second-order valence-corrected chi connectivity index (χ2v) is 4.12. The minimum absolute atomic E-state index is 0.0533. The van der Waals surface area contributed by atoms with E-state index in [4.69, 9.17) is 9.47 Å². The van der Waals surface area contributed by atoms with Crippen LogP contribution in [0.3, 0.4) is 0 Å². The summed E-state index contributed by atoms with van der Waals surface area (Å²) in [6, 6.07) is 8.56. The van der Waals surface area contributed by atoms with Crippen LogP contribution in [0.2, 0.25) is 0 Å². The topological polar surface area (TPSA) is 18.5 Å². The Morgan fingerprint density at radius 2 is 2.14 bits per heavy atom. The fourth-order valence-electron chi connectivity index (χ4n) is 2.48. The van der Waals surface area contributed by atoms with E-state index in [1.165, 1.54) is 11.1 Å². The van der Waals surface area contributed by atoms with Gasteiger partial charge >= 0.3 is 0 Å². The lowest BCUT2D eigenvalue weighted by molar-refractivity contribution is -0.225. The molecule has 1 saturated heterocycles. The predicted molar refractivity (Wildman–Crippen MR) is 52.9 cm³/mol. The first-order valence-corrected chi connectivity index (χ1v) is 5.19.